The molecular formula is C16H21N3O2S2. The Kier molecular flexibility index (Phi) is 4.70. The molecule has 2 heterocycles. The predicted octanol–water partition coefficient (Wildman–Crippen LogP) is 2.71. The number of hydrogen-bond acceptors (Lipinski definition) is 5. The number of anilines is 1. The molecular weight excluding hydrogens is 330 g/mol. The summed E-state index contributed by atoms with van der Waals surface area (Å²) >= 11 is 1.62. The van der Waals surface area contributed by atoms with E-state index in [0.29, 0.717) is 4.90 Å². The summed E-state index contributed by atoms with van der Waals surface area (Å²) in [6, 6.07) is 5.51. The maximum Gasteiger partial charge on any atom is 0.241 e. The van der Waals surface area contributed by atoms with Crippen LogP contribution in [0.15, 0.2) is 34.7 Å². The van der Waals surface area contributed by atoms with Crippen LogP contribution in [0.4, 0.5) is 5.13 Å². The zero-order valence-electron chi connectivity index (χ0n) is 13.3. The quantitative estimate of drug-likeness (QED) is 0.920. The van der Waals surface area contributed by atoms with E-state index in [1.165, 1.54) is 0 Å². The second kappa shape index (κ2) is 6.59. The van der Waals surface area contributed by atoms with Crippen LogP contribution in [0.5, 0.6) is 0 Å². The maximum absolute atomic E-state index is 12.6. The van der Waals surface area contributed by atoms with E-state index in [0.717, 1.165) is 42.2 Å². The van der Waals surface area contributed by atoms with Crippen LogP contribution in [0.2, 0.25) is 0 Å². The summed E-state index contributed by atoms with van der Waals surface area (Å²) in [6.07, 6.45) is 3.39. The fourth-order valence-electron chi connectivity index (χ4n) is 2.84. The first-order chi connectivity index (χ1) is 11.0. The van der Waals surface area contributed by atoms with Gasteiger partial charge in [0.2, 0.25) is 10.0 Å². The van der Waals surface area contributed by atoms with Crippen molar-refractivity contribution in [2.24, 2.45) is 0 Å². The summed E-state index contributed by atoms with van der Waals surface area (Å²) in [6.45, 7) is 5.39. The molecule has 5 nitrogen and oxygen atoms in total. The first kappa shape index (κ1) is 16.4. The topological polar surface area (TPSA) is 62.3 Å². The molecule has 0 aliphatic carbocycles. The van der Waals surface area contributed by atoms with Crippen molar-refractivity contribution in [2.75, 3.05) is 18.0 Å². The molecule has 1 aromatic heterocycles. The molecule has 0 unspecified atom stereocenters. The summed E-state index contributed by atoms with van der Waals surface area (Å²) < 4.78 is 28.2. The van der Waals surface area contributed by atoms with E-state index in [1.807, 2.05) is 31.4 Å². The van der Waals surface area contributed by atoms with Gasteiger partial charge in [-0.1, -0.05) is 12.1 Å². The normalized spacial score (nSPS) is 16.7. The van der Waals surface area contributed by atoms with Crippen molar-refractivity contribution in [3.8, 4) is 0 Å². The molecule has 1 N–H and O–H groups in total. The molecule has 124 valence electrons. The lowest BCUT2D eigenvalue weighted by Gasteiger charge is -2.32. The molecule has 2 aromatic rings. The van der Waals surface area contributed by atoms with Crippen LogP contribution in [0.3, 0.4) is 0 Å². The molecule has 0 saturated carbocycles. The summed E-state index contributed by atoms with van der Waals surface area (Å²) in [4.78, 5) is 6.92. The Morgan fingerprint density at radius 3 is 2.65 bits per heavy atom. The lowest BCUT2D eigenvalue weighted by Crippen LogP contribution is -2.44. The van der Waals surface area contributed by atoms with E-state index in [1.54, 1.807) is 23.6 Å². The highest BCUT2D eigenvalue weighted by Gasteiger charge is 2.26. The van der Waals surface area contributed by atoms with Crippen LogP contribution in [-0.2, 0) is 10.0 Å². The van der Waals surface area contributed by atoms with Crippen LogP contribution in [-0.4, -0.2) is 32.5 Å². The van der Waals surface area contributed by atoms with Crippen molar-refractivity contribution < 1.29 is 8.42 Å². The second-order valence-corrected chi connectivity index (χ2v) is 8.52. The number of nitrogens with zero attached hydrogens (tertiary/aromatic N) is 2. The summed E-state index contributed by atoms with van der Waals surface area (Å²) in [5.41, 5.74) is 1.73. The van der Waals surface area contributed by atoms with E-state index < -0.39 is 10.0 Å². The number of nitrogens with one attached hydrogen (secondary N) is 1. The van der Waals surface area contributed by atoms with Crippen LogP contribution in [0.25, 0.3) is 0 Å². The minimum atomic E-state index is -3.47. The molecule has 1 aliphatic rings. The van der Waals surface area contributed by atoms with Crippen LogP contribution < -0.4 is 9.62 Å². The third-order valence-electron chi connectivity index (χ3n) is 4.14. The number of sulfonamides is 1. The predicted molar refractivity (Wildman–Crippen MR) is 93.6 cm³/mol. The third kappa shape index (κ3) is 3.73. The van der Waals surface area contributed by atoms with Crippen molar-refractivity contribution in [1.82, 2.24) is 9.71 Å². The number of piperidine rings is 1. The van der Waals surface area contributed by atoms with Gasteiger partial charge >= 0.3 is 0 Å². The van der Waals surface area contributed by atoms with E-state index in [9.17, 15) is 8.42 Å². The Bertz CT molecular complexity index is 765. The SMILES string of the molecule is Cc1ccc(C)c(S(=O)(=O)NC2CCN(c3nccs3)CC2)c1. The number of rotatable bonds is 4. The van der Waals surface area contributed by atoms with Gasteiger partial charge < -0.3 is 4.90 Å². The summed E-state index contributed by atoms with van der Waals surface area (Å²) in [5.74, 6) is 0. The van der Waals surface area contributed by atoms with E-state index >= 15 is 0 Å². The number of aryl methyl sites for hydroxylation is 2. The molecule has 0 amide bonds. The zero-order valence-corrected chi connectivity index (χ0v) is 15.0. The van der Waals surface area contributed by atoms with Gasteiger partial charge in [-0.05, 0) is 43.9 Å². The Morgan fingerprint density at radius 2 is 2.00 bits per heavy atom. The van der Waals surface area contributed by atoms with Crippen LogP contribution in [0, 0.1) is 13.8 Å². The maximum atomic E-state index is 12.6. The monoisotopic (exact) mass is 351 g/mol. The van der Waals surface area contributed by atoms with Crippen molar-refractivity contribution >= 4 is 26.5 Å². The Morgan fingerprint density at radius 1 is 1.26 bits per heavy atom. The largest absolute Gasteiger partial charge is 0.348 e. The van der Waals surface area contributed by atoms with Crippen molar-refractivity contribution in [3.63, 3.8) is 0 Å². The number of benzene rings is 1. The molecule has 1 fully saturated rings. The van der Waals surface area contributed by atoms with Crippen LogP contribution >= 0.6 is 11.3 Å². The van der Waals surface area contributed by atoms with E-state index in [-0.39, 0.29) is 6.04 Å². The standard InChI is InChI=1S/C16H21N3O2S2/c1-12-3-4-13(2)15(11-12)23(20,21)18-14-5-8-19(9-6-14)16-17-7-10-22-16/h3-4,7,10-11,14,18H,5-6,8-9H2,1-2H3. The molecule has 3 rings (SSSR count). The van der Waals surface area contributed by atoms with Gasteiger partial charge in [-0.25, -0.2) is 18.1 Å². The van der Waals surface area contributed by atoms with Crippen molar-refractivity contribution in [2.45, 2.75) is 37.6 Å². The zero-order chi connectivity index (χ0) is 16.4. The summed E-state index contributed by atoms with van der Waals surface area (Å²) in [7, 11) is -3.47. The van der Waals surface area contributed by atoms with E-state index in [4.69, 9.17) is 0 Å². The van der Waals surface area contributed by atoms with Gasteiger partial charge in [0.05, 0.1) is 4.90 Å². The van der Waals surface area contributed by atoms with Gasteiger partial charge in [-0.3, -0.25) is 0 Å². The Hall–Kier alpha value is -1.44. The molecule has 0 spiro atoms. The van der Waals surface area contributed by atoms with Gasteiger partial charge in [-0.2, -0.15) is 0 Å². The van der Waals surface area contributed by atoms with Gasteiger partial charge in [-0.15, -0.1) is 11.3 Å². The molecule has 0 radical (unpaired) electrons. The van der Waals surface area contributed by atoms with Gasteiger partial charge in [0, 0.05) is 30.7 Å². The average molecular weight is 351 g/mol. The molecule has 1 aliphatic heterocycles. The van der Waals surface area contributed by atoms with Gasteiger partial charge in [0.15, 0.2) is 5.13 Å². The first-order valence-electron chi connectivity index (χ1n) is 7.70. The lowest BCUT2D eigenvalue weighted by molar-refractivity contribution is 0.459. The van der Waals surface area contributed by atoms with Gasteiger partial charge in [0.25, 0.3) is 0 Å². The molecule has 7 heteroatoms. The first-order valence-corrected chi connectivity index (χ1v) is 10.1. The third-order valence-corrected chi connectivity index (χ3v) is 6.63. The number of thiazole rings is 1. The lowest BCUT2D eigenvalue weighted by atomic mass is 10.1. The highest BCUT2D eigenvalue weighted by atomic mass is 32.2. The fraction of sp³-hybridized carbons (Fsp3) is 0.438. The molecule has 0 bridgehead atoms. The molecule has 1 aromatic carbocycles. The van der Waals surface area contributed by atoms with Crippen LogP contribution in [0.1, 0.15) is 24.0 Å². The van der Waals surface area contributed by atoms with Crippen molar-refractivity contribution in [3.05, 3.63) is 40.9 Å². The highest BCUT2D eigenvalue weighted by Crippen LogP contribution is 2.23. The average Bonchev–Trinajstić information content (AvgIpc) is 3.04. The number of aromatic nitrogens is 1. The molecule has 0 atom stereocenters. The number of hydrogen-bond donors (Lipinski definition) is 1. The minimum absolute atomic E-state index is 0.0175. The summed E-state index contributed by atoms with van der Waals surface area (Å²) in [5, 5.41) is 2.98. The van der Waals surface area contributed by atoms with E-state index in [2.05, 4.69) is 14.6 Å². The highest BCUT2D eigenvalue weighted by molar-refractivity contribution is 7.89. The molecule has 23 heavy (non-hydrogen) atoms. The Labute approximate surface area is 141 Å². The minimum Gasteiger partial charge on any atom is -0.348 e. The smallest absolute Gasteiger partial charge is 0.241 e. The van der Waals surface area contributed by atoms with Crippen molar-refractivity contribution in [1.29, 1.82) is 0 Å². The fourth-order valence-corrected chi connectivity index (χ4v) is 5.17. The van der Waals surface area contributed by atoms with Gasteiger partial charge in [0.1, 0.15) is 0 Å². The molecule has 1 saturated heterocycles. The Balaban J connectivity index is 1.67. The second-order valence-electron chi connectivity index (χ2n) is 5.97.